The molecular formula is C15H24ClFN2O3S. The molecule has 0 spiro atoms. The van der Waals surface area contributed by atoms with Crippen molar-refractivity contribution < 1.29 is 17.9 Å². The minimum atomic E-state index is -3.15. The molecule has 1 aliphatic carbocycles. The van der Waals surface area contributed by atoms with Crippen molar-refractivity contribution in [1.29, 1.82) is 0 Å². The van der Waals surface area contributed by atoms with Gasteiger partial charge in [-0.2, -0.15) is 0 Å². The van der Waals surface area contributed by atoms with Crippen LogP contribution < -0.4 is 10.0 Å². The van der Waals surface area contributed by atoms with E-state index in [0.717, 1.165) is 25.7 Å². The molecule has 0 unspecified atom stereocenters. The second-order valence-corrected chi connectivity index (χ2v) is 7.70. The summed E-state index contributed by atoms with van der Waals surface area (Å²) >= 11 is 0. The Morgan fingerprint density at radius 2 is 1.87 bits per heavy atom. The van der Waals surface area contributed by atoms with Crippen LogP contribution in [-0.4, -0.2) is 38.4 Å². The number of hydrogen-bond donors (Lipinski definition) is 3. The number of nitrogens with one attached hydrogen (secondary N) is 2. The highest BCUT2D eigenvalue weighted by molar-refractivity contribution is 7.88. The average Bonchev–Trinajstić information content (AvgIpc) is 2.44. The normalized spacial score (nSPS) is 23.1. The molecule has 0 heterocycles. The first-order chi connectivity index (χ1) is 10.3. The number of benzene rings is 1. The zero-order chi connectivity index (χ0) is 16.2. The molecule has 1 atom stereocenters. The van der Waals surface area contributed by atoms with Crippen LogP contribution in [0, 0.1) is 5.82 Å². The molecule has 2 rings (SSSR count). The van der Waals surface area contributed by atoms with Gasteiger partial charge >= 0.3 is 0 Å². The Balaban J connectivity index is 0.00000264. The van der Waals surface area contributed by atoms with Gasteiger partial charge in [-0.15, -0.1) is 12.4 Å². The molecule has 0 bridgehead atoms. The topological polar surface area (TPSA) is 78.4 Å². The number of rotatable bonds is 6. The van der Waals surface area contributed by atoms with Crippen molar-refractivity contribution in [2.24, 2.45) is 0 Å². The summed E-state index contributed by atoms with van der Waals surface area (Å²) in [6.07, 6.45) is 3.68. The fourth-order valence-corrected chi connectivity index (χ4v) is 3.67. The van der Waals surface area contributed by atoms with Gasteiger partial charge in [0.05, 0.1) is 12.4 Å². The molecule has 5 nitrogen and oxygen atoms in total. The van der Waals surface area contributed by atoms with Crippen molar-refractivity contribution in [3.63, 3.8) is 0 Å². The number of sulfonamides is 1. The SMILES string of the molecule is CS(=O)(=O)N[C@H]1CC[C@@H](NC[C@H](O)c2cccc(F)c2)CC1.Cl. The Labute approximate surface area is 143 Å². The molecule has 0 aromatic heterocycles. The molecule has 1 aromatic carbocycles. The van der Waals surface area contributed by atoms with Gasteiger partial charge in [-0.3, -0.25) is 0 Å². The van der Waals surface area contributed by atoms with Crippen molar-refractivity contribution in [3.05, 3.63) is 35.6 Å². The summed E-state index contributed by atoms with van der Waals surface area (Å²) in [5.41, 5.74) is 0.555. The van der Waals surface area contributed by atoms with Crippen LogP contribution in [0.1, 0.15) is 37.4 Å². The van der Waals surface area contributed by atoms with Crippen molar-refractivity contribution in [3.8, 4) is 0 Å². The molecule has 3 N–H and O–H groups in total. The molecule has 0 radical (unpaired) electrons. The van der Waals surface area contributed by atoms with Gasteiger partial charge in [-0.05, 0) is 43.4 Å². The van der Waals surface area contributed by atoms with Crippen LogP contribution in [0.15, 0.2) is 24.3 Å². The number of hydrogen-bond acceptors (Lipinski definition) is 4. The van der Waals surface area contributed by atoms with Crippen LogP contribution in [0.25, 0.3) is 0 Å². The highest BCUT2D eigenvalue weighted by Gasteiger charge is 2.23. The minimum absolute atomic E-state index is 0. The predicted octanol–water partition coefficient (Wildman–Crippen LogP) is 1.73. The Hall–Kier alpha value is -0.730. The largest absolute Gasteiger partial charge is 0.387 e. The molecule has 1 aliphatic rings. The van der Waals surface area contributed by atoms with E-state index in [1.54, 1.807) is 12.1 Å². The minimum Gasteiger partial charge on any atom is -0.387 e. The van der Waals surface area contributed by atoms with E-state index in [4.69, 9.17) is 0 Å². The van der Waals surface area contributed by atoms with Gasteiger partial charge in [0.1, 0.15) is 5.82 Å². The van der Waals surface area contributed by atoms with E-state index >= 15 is 0 Å². The molecular weight excluding hydrogens is 343 g/mol. The molecule has 8 heteroatoms. The highest BCUT2D eigenvalue weighted by atomic mass is 35.5. The molecule has 1 aromatic rings. The first-order valence-corrected chi connectivity index (χ1v) is 9.37. The van der Waals surface area contributed by atoms with E-state index < -0.39 is 16.1 Å². The van der Waals surface area contributed by atoms with Crippen LogP contribution in [0.4, 0.5) is 4.39 Å². The summed E-state index contributed by atoms with van der Waals surface area (Å²) in [5, 5.41) is 13.3. The lowest BCUT2D eigenvalue weighted by Crippen LogP contribution is -2.42. The zero-order valence-corrected chi connectivity index (χ0v) is 14.7. The number of aliphatic hydroxyl groups excluding tert-OH is 1. The summed E-state index contributed by atoms with van der Waals surface area (Å²) in [7, 11) is -3.15. The lowest BCUT2D eigenvalue weighted by molar-refractivity contribution is 0.164. The first kappa shape index (κ1) is 20.3. The maximum Gasteiger partial charge on any atom is 0.208 e. The van der Waals surface area contributed by atoms with Crippen molar-refractivity contribution in [1.82, 2.24) is 10.0 Å². The second-order valence-electron chi connectivity index (χ2n) is 5.92. The first-order valence-electron chi connectivity index (χ1n) is 7.48. The third-order valence-electron chi connectivity index (χ3n) is 3.94. The fraction of sp³-hybridized carbons (Fsp3) is 0.600. The fourth-order valence-electron chi connectivity index (χ4n) is 2.83. The third kappa shape index (κ3) is 7.14. The average molecular weight is 367 g/mol. The maximum atomic E-state index is 13.1. The molecule has 0 amide bonds. The van der Waals surface area contributed by atoms with Crippen molar-refractivity contribution in [2.75, 3.05) is 12.8 Å². The summed E-state index contributed by atoms with van der Waals surface area (Å²) in [4.78, 5) is 0. The van der Waals surface area contributed by atoms with E-state index in [9.17, 15) is 17.9 Å². The monoisotopic (exact) mass is 366 g/mol. The van der Waals surface area contributed by atoms with Gasteiger partial charge in [0.2, 0.25) is 10.0 Å². The summed E-state index contributed by atoms with van der Waals surface area (Å²) < 4.78 is 38.1. The van der Waals surface area contributed by atoms with Crippen LogP contribution >= 0.6 is 12.4 Å². The van der Waals surface area contributed by atoms with Gasteiger partial charge in [0.25, 0.3) is 0 Å². The van der Waals surface area contributed by atoms with Crippen LogP contribution in [0.3, 0.4) is 0 Å². The van der Waals surface area contributed by atoms with Gasteiger partial charge in [0.15, 0.2) is 0 Å². The van der Waals surface area contributed by atoms with E-state index in [-0.39, 0.29) is 30.3 Å². The molecule has 1 saturated carbocycles. The lowest BCUT2D eigenvalue weighted by atomic mass is 9.91. The Bertz CT molecular complexity index is 592. The van der Waals surface area contributed by atoms with Gasteiger partial charge in [-0.1, -0.05) is 12.1 Å². The highest BCUT2D eigenvalue weighted by Crippen LogP contribution is 2.20. The van der Waals surface area contributed by atoms with E-state index in [2.05, 4.69) is 10.0 Å². The van der Waals surface area contributed by atoms with Crippen molar-refractivity contribution >= 4 is 22.4 Å². The van der Waals surface area contributed by atoms with Crippen LogP contribution in [-0.2, 0) is 10.0 Å². The number of halogens is 2. The second kappa shape index (κ2) is 8.94. The Morgan fingerprint density at radius 1 is 1.26 bits per heavy atom. The maximum absolute atomic E-state index is 13.1. The molecule has 0 saturated heterocycles. The van der Waals surface area contributed by atoms with E-state index in [1.807, 2.05) is 0 Å². The Kier molecular flexibility index (Phi) is 7.89. The quantitative estimate of drug-likeness (QED) is 0.716. The van der Waals surface area contributed by atoms with Gasteiger partial charge in [-0.25, -0.2) is 17.5 Å². The zero-order valence-electron chi connectivity index (χ0n) is 13.0. The molecule has 0 aliphatic heterocycles. The third-order valence-corrected chi connectivity index (χ3v) is 4.70. The summed E-state index contributed by atoms with van der Waals surface area (Å²) in [5.74, 6) is -0.357. The van der Waals surface area contributed by atoms with Crippen molar-refractivity contribution in [2.45, 2.75) is 43.9 Å². The molecule has 1 fully saturated rings. The van der Waals surface area contributed by atoms with E-state index in [1.165, 1.54) is 18.4 Å². The lowest BCUT2D eigenvalue weighted by Gasteiger charge is -2.29. The summed E-state index contributed by atoms with van der Waals surface area (Å²) in [6.45, 7) is 0.359. The van der Waals surface area contributed by atoms with E-state index in [0.29, 0.717) is 12.1 Å². The molecule has 23 heavy (non-hydrogen) atoms. The molecule has 132 valence electrons. The van der Waals surface area contributed by atoms with Crippen LogP contribution in [0.2, 0.25) is 0 Å². The summed E-state index contributed by atoms with van der Waals surface area (Å²) in [6, 6.07) is 6.21. The van der Waals surface area contributed by atoms with Gasteiger partial charge < -0.3 is 10.4 Å². The standard InChI is InChI=1S/C15H23FN2O3S.ClH/c1-22(20,21)18-14-7-5-13(6-8-14)17-10-15(19)11-3-2-4-12(16)9-11;/h2-4,9,13-15,17-19H,5-8,10H2,1H3;1H/t13-,14+,15-;/m0./s1. The van der Waals surface area contributed by atoms with Crippen LogP contribution in [0.5, 0.6) is 0 Å². The van der Waals surface area contributed by atoms with Gasteiger partial charge in [0, 0.05) is 18.6 Å². The Morgan fingerprint density at radius 3 is 2.43 bits per heavy atom. The predicted molar refractivity (Wildman–Crippen MR) is 90.6 cm³/mol. The smallest absolute Gasteiger partial charge is 0.208 e. The number of aliphatic hydroxyl groups is 1.